The smallest absolute Gasteiger partial charge is 0.261 e. The highest BCUT2D eigenvalue weighted by molar-refractivity contribution is 6.21. The highest BCUT2D eigenvalue weighted by atomic mass is 16.2. The van der Waals surface area contributed by atoms with Crippen molar-refractivity contribution in [3.05, 3.63) is 34.9 Å². The van der Waals surface area contributed by atoms with E-state index in [0.29, 0.717) is 23.6 Å². The van der Waals surface area contributed by atoms with Gasteiger partial charge in [0.25, 0.3) is 11.8 Å². The van der Waals surface area contributed by atoms with Crippen LogP contribution in [0.2, 0.25) is 0 Å². The van der Waals surface area contributed by atoms with Crippen molar-refractivity contribution < 1.29 is 9.59 Å². The minimum absolute atomic E-state index is 0.130. The van der Waals surface area contributed by atoms with Crippen LogP contribution in [0.4, 0.5) is 0 Å². The Kier molecular flexibility index (Phi) is 3.11. The fourth-order valence-corrected chi connectivity index (χ4v) is 2.88. The van der Waals surface area contributed by atoms with E-state index < -0.39 is 0 Å². The second-order valence-electron chi connectivity index (χ2n) is 5.46. The summed E-state index contributed by atoms with van der Waals surface area (Å²) < 4.78 is 0. The average Bonchev–Trinajstić information content (AvgIpc) is 2.98. The predicted molar refractivity (Wildman–Crippen MR) is 72.1 cm³/mol. The fourth-order valence-electron chi connectivity index (χ4n) is 2.88. The second kappa shape index (κ2) is 4.78. The molecule has 1 aromatic rings. The molecule has 0 spiro atoms. The number of fused-ring (bicyclic) bond motifs is 1. The van der Waals surface area contributed by atoms with Gasteiger partial charge in [-0.1, -0.05) is 11.6 Å². The van der Waals surface area contributed by atoms with Crippen LogP contribution in [0.25, 0.3) is 0 Å². The molecule has 0 aromatic heterocycles. The third-order valence-corrected chi connectivity index (χ3v) is 4.05. The molecule has 2 aliphatic rings. The van der Waals surface area contributed by atoms with E-state index in [1.54, 1.807) is 6.07 Å². The van der Waals surface area contributed by atoms with Crippen LogP contribution in [0.15, 0.2) is 18.2 Å². The SMILES string of the molecule is Cc1ccc2c(c1)C(=O)N(CCC1CCNC1)C2=O. The number of rotatable bonds is 3. The number of hydrogen-bond acceptors (Lipinski definition) is 3. The van der Waals surface area contributed by atoms with Crippen molar-refractivity contribution in [1.29, 1.82) is 0 Å². The minimum atomic E-state index is -0.133. The van der Waals surface area contributed by atoms with Crippen LogP contribution in [0.3, 0.4) is 0 Å². The molecule has 1 fully saturated rings. The Labute approximate surface area is 112 Å². The van der Waals surface area contributed by atoms with Crippen LogP contribution in [0.5, 0.6) is 0 Å². The zero-order chi connectivity index (χ0) is 13.4. The molecule has 0 radical (unpaired) electrons. The van der Waals surface area contributed by atoms with Crippen molar-refractivity contribution in [1.82, 2.24) is 10.2 Å². The molecule has 4 nitrogen and oxygen atoms in total. The maximum Gasteiger partial charge on any atom is 0.261 e. The van der Waals surface area contributed by atoms with Crippen molar-refractivity contribution in [3.63, 3.8) is 0 Å². The summed E-state index contributed by atoms with van der Waals surface area (Å²) in [5.41, 5.74) is 2.14. The molecule has 2 amide bonds. The Balaban J connectivity index is 1.74. The lowest BCUT2D eigenvalue weighted by Gasteiger charge is -2.16. The molecule has 1 aromatic carbocycles. The van der Waals surface area contributed by atoms with Gasteiger partial charge in [0.05, 0.1) is 11.1 Å². The van der Waals surface area contributed by atoms with E-state index in [1.165, 1.54) is 4.90 Å². The van der Waals surface area contributed by atoms with Crippen molar-refractivity contribution in [2.45, 2.75) is 19.8 Å². The lowest BCUT2D eigenvalue weighted by molar-refractivity contribution is 0.0646. The molecule has 0 aliphatic carbocycles. The summed E-state index contributed by atoms with van der Waals surface area (Å²) in [7, 11) is 0. The van der Waals surface area contributed by atoms with Crippen molar-refractivity contribution in [2.75, 3.05) is 19.6 Å². The zero-order valence-electron chi connectivity index (χ0n) is 11.1. The Morgan fingerprint density at radius 3 is 2.79 bits per heavy atom. The number of carbonyl (C=O) groups excluding carboxylic acids is 2. The molecule has 100 valence electrons. The van der Waals surface area contributed by atoms with Gasteiger partial charge in [-0.2, -0.15) is 0 Å². The molecular weight excluding hydrogens is 240 g/mol. The molecule has 1 atom stereocenters. The second-order valence-corrected chi connectivity index (χ2v) is 5.46. The van der Waals surface area contributed by atoms with Crippen LogP contribution in [0, 0.1) is 12.8 Å². The number of nitrogens with one attached hydrogen (secondary N) is 1. The van der Waals surface area contributed by atoms with Gasteiger partial charge in [-0.15, -0.1) is 0 Å². The topological polar surface area (TPSA) is 49.4 Å². The van der Waals surface area contributed by atoms with E-state index in [1.807, 2.05) is 19.1 Å². The van der Waals surface area contributed by atoms with E-state index in [9.17, 15) is 9.59 Å². The summed E-state index contributed by atoms with van der Waals surface area (Å²) in [6.07, 6.45) is 2.04. The van der Waals surface area contributed by atoms with Gasteiger partial charge in [-0.25, -0.2) is 0 Å². The Bertz CT molecular complexity index is 533. The number of carbonyl (C=O) groups is 2. The quantitative estimate of drug-likeness (QED) is 0.838. The Hall–Kier alpha value is -1.68. The van der Waals surface area contributed by atoms with Crippen LogP contribution in [-0.2, 0) is 0 Å². The molecule has 1 saturated heterocycles. The van der Waals surface area contributed by atoms with E-state index >= 15 is 0 Å². The van der Waals surface area contributed by atoms with Crippen molar-refractivity contribution in [3.8, 4) is 0 Å². The first-order valence-corrected chi connectivity index (χ1v) is 6.84. The minimum Gasteiger partial charge on any atom is -0.316 e. The summed E-state index contributed by atoms with van der Waals surface area (Å²) in [6, 6.07) is 5.46. The van der Waals surface area contributed by atoms with Crippen LogP contribution < -0.4 is 5.32 Å². The number of benzene rings is 1. The first-order chi connectivity index (χ1) is 9.16. The summed E-state index contributed by atoms with van der Waals surface area (Å²) in [5, 5.41) is 3.31. The summed E-state index contributed by atoms with van der Waals surface area (Å²) in [5.74, 6) is 0.326. The van der Waals surface area contributed by atoms with E-state index in [2.05, 4.69) is 5.32 Å². The van der Waals surface area contributed by atoms with E-state index in [-0.39, 0.29) is 11.8 Å². The van der Waals surface area contributed by atoms with Crippen molar-refractivity contribution in [2.24, 2.45) is 5.92 Å². The van der Waals surface area contributed by atoms with Gasteiger partial charge in [0.15, 0.2) is 0 Å². The summed E-state index contributed by atoms with van der Waals surface area (Å²) in [6.45, 7) is 4.52. The number of hydrogen-bond donors (Lipinski definition) is 1. The number of amides is 2. The van der Waals surface area contributed by atoms with Gasteiger partial charge in [-0.3, -0.25) is 14.5 Å². The third kappa shape index (κ3) is 2.16. The lowest BCUT2D eigenvalue weighted by atomic mass is 10.1. The van der Waals surface area contributed by atoms with Gasteiger partial charge < -0.3 is 5.32 Å². The molecule has 19 heavy (non-hydrogen) atoms. The Morgan fingerprint density at radius 1 is 1.26 bits per heavy atom. The molecule has 4 heteroatoms. The normalized spacial score (nSPS) is 22.2. The van der Waals surface area contributed by atoms with Gasteiger partial charge >= 0.3 is 0 Å². The first-order valence-electron chi connectivity index (χ1n) is 6.84. The average molecular weight is 258 g/mol. The number of imide groups is 1. The maximum atomic E-state index is 12.3. The number of aryl methyl sites for hydroxylation is 1. The molecule has 2 aliphatic heterocycles. The summed E-state index contributed by atoms with van der Waals surface area (Å²) >= 11 is 0. The van der Waals surface area contributed by atoms with Gasteiger partial charge in [0.1, 0.15) is 0 Å². The van der Waals surface area contributed by atoms with Gasteiger partial charge in [0, 0.05) is 6.54 Å². The maximum absolute atomic E-state index is 12.3. The predicted octanol–water partition coefficient (Wildman–Crippen LogP) is 1.59. The first kappa shape index (κ1) is 12.4. The standard InChI is InChI=1S/C15H18N2O2/c1-10-2-3-12-13(8-10)15(19)17(14(12)18)7-5-11-4-6-16-9-11/h2-3,8,11,16H,4-7,9H2,1H3. The van der Waals surface area contributed by atoms with Crippen molar-refractivity contribution >= 4 is 11.8 Å². The Morgan fingerprint density at radius 2 is 2.05 bits per heavy atom. The monoisotopic (exact) mass is 258 g/mol. The molecular formula is C15H18N2O2. The zero-order valence-corrected chi connectivity index (χ0v) is 11.1. The summed E-state index contributed by atoms with van der Waals surface area (Å²) in [4.78, 5) is 25.9. The van der Waals surface area contributed by atoms with Crippen LogP contribution in [-0.4, -0.2) is 36.3 Å². The highest BCUT2D eigenvalue weighted by Gasteiger charge is 2.35. The fraction of sp³-hybridized carbons (Fsp3) is 0.467. The van der Waals surface area contributed by atoms with Gasteiger partial charge in [0.2, 0.25) is 0 Å². The third-order valence-electron chi connectivity index (χ3n) is 4.05. The molecule has 1 N–H and O–H groups in total. The highest BCUT2D eigenvalue weighted by Crippen LogP contribution is 2.25. The van der Waals surface area contributed by atoms with Gasteiger partial charge in [-0.05, 0) is 50.9 Å². The molecule has 3 rings (SSSR count). The number of nitrogens with zero attached hydrogens (tertiary/aromatic N) is 1. The van der Waals surface area contributed by atoms with Crippen LogP contribution >= 0.6 is 0 Å². The molecule has 1 unspecified atom stereocenters. The lowest BCUT2D eigenvalue weighted by Crippen LogP contribution is -2.32. The largest absolute Gasteiger partial charge is 0.316 e. The molecule has 2 heterocycles. The van der Waals surface area contributed by atoms with E-state index in [4.69, 9.17) is 0 Å². The van der Waals surface area contributed by atoms with Crippen LogP contribution in [0.1, 0.15) is 39.1 Å². The molecule has 0 saturated carbocycles. The molecule has 0 bridgehead atoms. The van der Waals surface area contributed by atoms with E-state index in [0.717, 1.165) is 31.5 Å².